The predicted molar refractivity (Wildman–Crippen MR) is 84.7 cm³/mol. The van der Waals surface area contributed by atoms with Crippen LogP contribution in [-0.4, -0.2) is 21.1 Å². The molecule has 0 aliphatic rings. The molecule has 3 rings (SSSR count). The number of carbonyl (C=O) groups excluding carboxylic acids is 1. The fourth-order valence-electron chi connectivity index (χ4n) is 2.26. The number of nitrogens with zero attached hydrogens (tertiary/aromatic N) is 2. The van der Waals surface area contributed by atoms with Gasteiger partial charge in [0, 0.05) is 17.0 Å². The largest absolute Gasteiger partial charge is 0.347 e. The summed E-state index contributed by atoms with van der Waals surface area (Å²) in [5.41, 5.74) is 0.301. The summed E-state index contributed by atoms with van der Waals surface area (Å²) in [7, 11) is 0. The van der Waals surface area contributed by atoms with Crippen molar-refractivity contribution in [3.8, 4) is 0 Å². The van der Waals surface area contributed by atoms with Crippen molar-refractivity contribution in [2.45, 2.75) is 19.4 Å². The van der Waals surface area contributed by atoms with Crippen molar-refractivity contribution in [2.24, 2.45) is 0 Å². The lowest BCUT2D eigenvalue weighted by molar-refractivity contribution is -0.121. The van der Waals surface area contributed by atoms with Crippen molar-refractivity contribution in [3.05, 3.63) is 56.9 Å². The van der Waals surface area contributed by atoms with E-state index in [9.17, 15) is 9.59 Å². The van der Waals surface area contributed by atoms with Crippen LogP contribution in [0.4, 0.5) is 0 Å². The molecule has 112 valence electrons. The average Bonchev–Trinajstić information content (AvgIpc) is 3.05. The van der Waals surface area contributed by atoms with Crippen LogP contribution >= 0.6 is 11.3 Å². The topological polar surface area (TPSA) is 87.7 Å². The summed E-state index contributed by atoms with van der Waals surface area (Å²) in [5.74, 6) is -0.160. The molecule has 7 heteroatoms. The maximum absolute atomic E-state index is 12.2. The van der Waals surface area contributed by atoms with Crippen molar-refractivity contribution in [3.63, 3.8) is 0 Å². The molecule has 6 nitrogen and oxygen atoms in total. The van der Waals surface area contributed by atoms with Gasteiger partial charge in [-0.05, 0) is 13.0 Å². The third-order valence-electron chi connectivity index (χ3n) is 3.30. The Kier molecular flexibility index (Phi) is 3.97. The van der Waals surface area contributed by atoms with Gasteiger partial charge in [-0.15, -0.1) is 11.3 Å². The van der Waals surface area contributed by atoms with Crippen LogP contribution in [0.1, 0.15) is 23.7 Å². The molecule has 0 bridgehead atoms. The molecule has 1 atom stereocenters. The fraction of sp³-hybridized carbons (Fsp3) is 0.200. The van der Waals surface area contributed by atoms with E-state index in [1.54, 1.807) is 24.4 Å². The summed E-state index contributed by atoms with van der Waals surface area (Å²) >= 11 is 1.49. The Labute approximate surface area is 130 Å². The van der Waals surface area contributed by atoms with Crippen LogP contribution in [0, 0.1) is 0 Å². The molecule has 1 amide bonds. The van der Waals surface area contributed by atoms with E-state index in [2.05, 4.69) is 20.5 Å². The van der Waals surface area contributed by atoms with Crippen molar-refractivity contribution < 1.29 is 4.79 Å². The summed E-state index contributed by atoms with van der Waals surface area (Å²) in [6, 6.07) is 6.97. The number of hydrogen-bond donors (Lipinski definition) is 2. The lowest BCUT2D eigenvalue weighted by atomic mass is 10.1. The number of amides is 1. The normalized spacial score (nSPS) is 12.2. The van der Waals surface area contributed by atoms with Crippen LogP contribution in [0.25, 0.3) is 10.8 Å². The molecule has 0 saturated carbocycles. The molecule has 22 heavy (non-hydrogen) atoms. The van der Waals surface area contributed by atoms with Gasteiger partial charge in [0.1, 0.15) is 5.01 Å². The molecule has 0 fully saturated rings. The quantitative estimate of drug-likeness (QED) is 0.768. The lowest BCUT2D eigenvalue weighted by Gasteiger charge is -2.11. The molecule has 3 aromatic rings. The SMILES string of the molecule is CC(NC(=O)Cc1n[nH]c(=O)c2ccccc12)c1nccs1. The molecule has 1 unspecified atom stereocenters. The molecule has 0 aliphatic carbocycles. The monoisotopic (exact) mass is 314 g/mol. The minimum absolute atomic E-state index is 0.104. The number of thiazole rings is 1. The van der Waals surface area contributed by atoms with E-state index >= 15 is 0 Å². The van der Waals surface area contributed by atoms with Crippen molar-refractivity contribution in [2.75, 3.05) is 0 Å². The standard InChI is InChI=1S/C15H14N4O2S/c1-9(15-16-6-7-22-15)17-13(20)8-12-10-4-2-3-5-11(10)14(21)19-18-12/h2-7,9H,8H2,1H3,(H,17,20)(H,19,21). The van der Waals surface area contributed by atoms with Gasteiger partial charge < -0.3 is 5.32 Å². The molecule has 0 aliphatic heterocycles. The molecule has 0 radical (unpaired) electrons. The first-order valence-electron chi connectivity index (χ1n) is 6.80. The first kappa shape index (κ1) is 14.4. The Hall–Kier alpha value is -2.54. The second-order valence-electron chi connectivity index (χ2n) is 4.88. The first-order valence-corrected chi connectivity index (χ1v) is 7.68. The highest BCUT2D eigenvalue weighted by molar-refractivity contribution is 7.09. The van der Waals surface area contributed by atoms with Gasteiger partial charge in [0.2, 0.25) is 5.91 Å². The van der Waals surface area contributed by atoms with E-state index in [-0.39, 0.29) is 23.9 Å². The summed E-state index contributed by atoms with van der Waals surface area (Å²) in [4.78, 5) is 28.1. The molecule has 1 aromatic carbocycles. The van der Waals surface area contributed by atoms with Gasteiger partial charge in [0.05, 0.1) is 23.5 Å². The van der Waals surface area contributed by atoms with Gasteiger partial charge >= 0.3 is 0 Å². The Balaban J connectivity index is 1.80. The maximum Gasteiger partial charge on any atom is 0.272 e. The molecule has 0 saturated heterocycles. The summed E-state index contributed by atoms with van der Waals surface area (Å²) in [6.45, 7) is 1.88. The number of aromatic amines is 1. The van der Waals surface area contributed by atoms with E-state index in [1.165, 1.54) is 11.3 Å². The summed E-state index contributed by atoms with van der Waals surface area (Å²) < 4.78 is 0. The first-order chi connectivity index (χ1) is 10.6. The number of aromatic nitrogens is 3. The van der Waals surface area contributed by atoms with Crippen LogP contribution in [0.15, 0.2) is 40.6 Å². The Morgan fingerprint density at radius 2 is 2.14 bits per heavy atom. The second kappa shape index (κ2) is 6.07. The zero-order chi connectivity index (χ0) is 15.5. The van der Waals surface area contributed by atoms with Crippen LogP contribution < -0.4 is 10.9 Å². The Morgan fingerprint density at radius 3 is 2.86 bits per heavy atom. The van der Waals surface area contributed by atoms with E-state index in [0.29, 0.717) is 16.5 Å². The number of benzene rings is 1. The third kappa shape index (κ3) is 2.89. The molecular weight excluding hydrogens is 300 g/mol. The van der Waals surface area contributed by atoms with Gasteiger partial charge in [0.25, 0.3) is 5.56 Å². The van der Waals surface area contributed by atoms with Gasteiger partial charge in [0.15, 0.2) is 0 Å². The summed E-state index contributed by atoms with van der Waals surface area (Å²) in [5, 5.41) is 13.3. The summed E-state index contributed by atoms with van der Waals surface area (Å²) in [6.07, 6.45) is 1.81. The second-order valence-corrected chi connectivity index (χ2v) is 5.81. The van der Waals surface area contributed by atoms with E-state index in [1.807, 2.05) is 18.4 Å². The van der Waals surface area contributed by atoms with Crippen LogP contribution in [0.2, 0.25) is 0 Å². The fourth-order valence-corrected chi connectivity index (χ4v) is 2.91. The predicted octanol–water partition coefficient (Wildman–Crippen LogP) is 1.80. The van der Waals surface area contributed by atoms with Gasteiger partial charge in [-0.2, -0.15) is 5.10 Å². The van der Waals surface area contributed by atoms with E-state index < -0.39 is 0 Å². The number of hydrogen-bond acceptors (Lipinski definition) is 5. The average molecular weight is 314 g/mol. The van der Waals surface area contributed by atoms with Gasteiger partial charge in [-0.1, -0.05) is 18.2 Å². The molecular formula is C15H14N4O2S. The molecule has 2 aromatic heterocycles. The Bertz CT molecular complexity index is 857. The maximum atomic E-state index is 12.2. The highest BCUT2D eigenvalue weighted by atomic mass is 32.1. The minimum atomic E-state index is -0.254. The van der Waals surface area contributed by atoms with Crippen LogP contribution in [0.5, 0.6) is 0 Å². The number of H-pyrrole nitrogens is 1. The smallest absolute Gasteiger partial charge is 0.272 e. The van der Waals surface area contributed by atoms with Crippen LogP contribution in [-0.2, 0) is 11.2 Å². The van der Waals surface area contributed by atoms with Crippen LogP contribution in [0.3, 0.4) is 0 Å². The van der Waals surface area contributed by atoms with E-state index in [0.717, 1.165) is 5.01 Å². The molecule has 2 N–H and O–H groups in total. The van der Waals surface area contributed by atoms with Gasteiger partial charge in [-0.25, -0.2) is 10.1 Å². The van der Waals surface area contributed by atoms with Crippen molar-refractivity contribution in [1.82, 2.24) is 20.5 Å². The number of fused-ring (bicyclic) bond motifs is 1. The van der Waals surface area contributed by atoms with Gasteiger partial charge in [-0.3, -0.25) is 9.59 Å². The molecule has 2 heterocycles. The van der Waals surface area contributed by atoms with Crippen molar-refractivity contribution in [1.29, 1.82) is 0 Å². The number of carbonyl (C=O) groups is 1. The van der Waals surface area contributed by atoms with Crippen molar-refractivity contribution >= 4 is 28.0 Å². The number of nitrogens with one attached hydrogen (secondary N) is 2. The molecule has 0 spiro atoms. The number of rotatable bonds is 4. The zero-order valence-electron chi connectivity index (χ0n) is 11.9. The minimum Gasteiger partial charge on any atom is -0.347 e. The Morgan fingerprint density at radius 1 is 1.36 bits per heavy atom. The third-order valence-corrected chi connectivity index (χ3v) is 4.26. The highest BCUT2D eigenvalue weighted by Gasteiger charge is 2.14. The van der Waals surface area contributed by atoms with E-state index in [4.69, 9.17) is 0 Å². The highest BCUT2D eigenvalue weighted by Crippen LogP contribution is 2.16. The zero-order valence-corrected chi connectivity index (χ0v) is 12.7. The lowest BCUT2D eigenvalue weighted by Crippen LogP contribution is -2.28.